The van der Waals surface area contributed by atoms with E-state index in [0.717, 1.165) is 24.3 Å². The average molecular weight is 399 g/mol. The van der Waals surface area contributed by atoms with E-state index in [-0.39, 0.29) is 18.4 Å². The van der Waals surface area contributed by atoms with Crippen LogP contribution in [0.25, 0.3) is 0 Å². The summed E-state index contributed by atoms with van der Waals surface area (Å²) < 4.78 is 10.4. The lowest BCUT2D eigenvalue weighted by Crippen LogP contribution is -2.25. The van der Waals surface area contributed by atoms with Crippen LogP contribution in [0.15, 0.2) is 48.5 Å². The molecule has 0 aromatic heterocycles. The normalized spacial score (nSPS) is 10.3. The molecule has 0 fully saturated rings. The summed E-state index contributed by atoms with van der Waals surface area (Å²) in [5.41, 5.74) is 1.92. The standard InChI is InChI=1S/C22H29N3O4/c1-3-4-12-23-22(27)17-6-5-7-19(15-17)25-21(26)16-24-18-8-10-20(11-9-18)29-14-13-28-2/h5-11,15,24H,3-4,12-14,16H2,1-2H3,(H,23,27)(H,25,26). The number of carbonyl (C=O) groups excluding carboxylic acids is 2. The van der Waals surface area contributed by atoms with Gasteiger partial charge in [0.1, 0.15) is 12.4 Å². The van der Waals surface area contributed by atoms with E-state index in [4.69, 9.17) is 9.47 Å². The van der Waals surface area contributed by atoms with Gasteiger partial charge in [-0.1, -0.05) is 19.4 Å². The van der Waals surface area contributed by atoms with E-state index in [2.05, 4.69) is 22.9 Å². The number of carbonyl (C=O) groups is 2. The van der Waals surface area contributed by atoms with Gasteiger partial charge in [-0.25, -0.2) is 0 Å². The van der Waals surface area contributed by atoms with Crippen molar-refractivity contribution < 1.29 is 19.1 Å². The Hall–Kier alpha value is -3.06. The molecule has 2 amide bonds. The van der Waals surface area contributed by atoms with Crippen molar-refractivity contribution in [3.8, 4) is 5.75 Å². The van der Waals surface area contributed by atoms with Gasteiger partial charge in [-0.15, -0.1) is 0 Å². The average Bonchev–Trinajstić information content (AvgIpc) is 2.73. The SMILES string of the molecule is CCCCNC(=O)c1cccc(NC(=O)CNc2ccc(OCCOC)cc2)c1. The van der Waals surface area contributed by atoms with Gasteiger partial charge in [0.25, 0.3) is 5.91 Å². The Balaban J connectivity index is 1.80. The van der Waals surface area contributed by atoms with Crippen molar-refractivity contribution >= 4 is 23.2 Å². The van der Waals surface area contributed by atoms with Crippen molar-refractivity contribution in [2.45, 2.75) is 19.8 Å². The molecule has 2 aromatic rings. The highest BCUT2D eigenvalue weighted by Gasteiger charge is 2.08. The van der Waals surface area contributed by atoms with Gasteiger partial charge in [-0.05, 0) is 48.9 Å². The van der Waals surface area contributed by atoms with E-state index in [1.165, 1.54) is 0 Å². The van der Waals surface area contributed by atoms with E-state index in [0.29, 0.717) is 31.0 Å². The zero-order valence-electron chi connectivity index (χ0n) is 17.0. The monoisotopic (exact) mass is 399 g/mol. The molecule has 0 aliphatic rings. The first-order chi connectivity index (χ1) is 14.1. The highest BCUT2D eigenvalue weighted by molar-refractivity contribution is 5.98. The largest absolute Gasteiger partial charge is 0.491 e. The van der Waals surface area contributed by atoms with Gasteiger partial charge in [0.2, 0.25) is 5.91 Å². The fourth-order valence-corrected chi connectivity index (χ4v) is 2.52. The predicted octanol–water partition coefficient (Wildman–Crippen LogP) is 3.29. The fraction of sp³-hybridized carbons (Fsp3) is 0.364. The molecule has 3 N–H and O–H groups in total. The summed E-state index contributed by atoms with van der Waals surface area (Å²) in [6.07, 6.45) is 1.96. The number of hydrogen-bond acceptors (Lipinski definition) is 5. The molecule has 0 radical (unpaired) electrons. The first-order valence-electron chi connectivity index (χ1n) is 9.76. The van der Waals surface area contributed by atoms with E-state index < -0.39 is 0 Å². The lowest BCUT2D eigenvalue weighted by molar-refractivity contribution is -0.114. The second-order valence-electron chi connectivity index (χ2n) is 6.46. The zero-order valence-corrected chi connectivity index (χ0v) is 17.0. The summed E-state index contributed by atoms with van der Waals surface area (Å²) in [4.78, 5) is 24.3. The number of rotatable bonds is 12. The zero-order chi connectivity index (χ0) is 20.9. The number of nitrogens with one attached hydrogen (secondary N) is 3. The van der Waals surface area contributed by atoms with Crippen molar-refractivity contribution in [3.63, 3.8) is 0 Å². The molecule has 0 spiro atoms. The molecule has 156 valence electrons. The van der Waals surface area contributed by atoms with Gasteiger partial charge in [0, 0.05) is 30.6 Å². The van der Waals surface area contributed by atoms with Gasteiger partial charge in [0.05, 0.1) is 13.2 Å². The molecule has 0 bridgehead atoms. The summed E-state index contributed by atoms with van der Waals surface area (Å²) in [5.74, 6) is 0.403. The molecule has 0 aliphatic heterocycles. The quantitative estimate of drug-likeness (QED) is 0.477. The molecule has 0 unspecified atom stereocenters. The van der Waals surface area contributed by atoms with Crippen LogP contribution in [0.3, 0.4) is 0 Å². The maximum atomic E-state index is 12.2. The lowest BCUT2D eigenvalue weighted by atomic mass is 10.2. The number of ether oxygens (including phenoxy) is 2. The first kappa shape index (κ1) is 22.2. The van der Waals surface area contributed by atoms with Crippen LogP contribution in [0.4, 0.5) is 11.4 Å². The van der Waals surface area contributed by atoms with E-state index in [1.54, 1.807) is 31.4 Å². The van der Waals surface area contributed by atoms with Crippen LogP contribution in [0.2, 0.25) is 0 Å². The number of unbranched alkanes of at least 4 members (excludes halogenated alkanes) is 1. The maximum absolute atomic E-state index is 12.2. The Kier molecular flexibility index (Phi) is 9.51. The minimum atomic E-state index is -0.200. The van der Waals surface area contributed by atoms with Crippen molar-refractivity contribution in [3.05, 3.63) is 54.1 Å². The molecule has 0 saturated heterocycles. The Morgan fingerprint density at radius 1 is 1.00 bits per heavy atom. The van der Waals surface area contributed by atoms with Gasteiger partial charge in [-0.2, -0.15) is 0 Å². The van der Waals surface area contributed by atoms with Gasteiger partial charge in [-0.3, -0.25) is 9.59 Å². The molecule has 0 heterocycles. The van der Waals surface area contributed by atoms with Crippen LogP contribution in [0.1, 0.15) is 30.1 Å². The summed E-state index contributed by atoms with van der Waals surface area (Å²) >= 11 is 0. The topological polar surface area (TPSA) is 88.7 Å². The number of methoxy groups -OCH3 is 1. The molecule has 2 aromatic carbocycles. The molecule has 0 aliphatic carbocycles. The van der Waals surface area contributed by atoms with Crippen molar-refractivity contribution in [1.29, 1.82) is 0 Å². The first-order valence-corrected chi connectivity index (χ1v) is 9.76. The Labute approximate surface area is 171 Å². The molecule has 0 atom stereocenters. The smallest absolute Gasteiger partial charge is 0.251 e. The molecular weight excluding hydrogens is 370 g/mol. The lowest BCUT2D eigenvalue weighted by Gasteiger charge is -2.10. The van der Waals surface area contributed by atoms with E-state index in [1.807, 2.05) is 24.3 Å². The summed E-state index contributed by atoms with van der Waals surface area (Å²) in [6, 6.07) is 14.3. The van der Waals surface area contributed by atoms with Gasteiger partial charge < -0.3 is 25.4 Å². The minimum Gasteiger partial charge on any atom is -0.491 e. The number of benzene rings is 2. The molecule has 7 heteroatoms. The van der Waals surface area contributed by atoms with Gasteiger partial charge >= 0.3 is 0 Å². The predicted molar refractivity (Wildman–Crippen MR) is 115 cm³/mol. The van der Waals surface area contributed by atoms with Crippen LogP contribution in [-0.4, -0.2) is 45.2 Å². The summed E-state index contributed by atoms with van der Waals surface area (Å²) in [6.45, 7) is 3.84. The van der Waals surface area contributed by atoms with Crippen LogP contribution in [0, 0.1) is 0 Å². The Bertz CT molecular complexity index is 778. The van der Waals surface area contributed by atoms with E-state index >= 15 is 0 Å². The Morgan fingerprint density at radius 3 is 2.52 bits per heavy atom. The third kappa shape index (κ3) is 8.23. The molecule has 7 nitrogen and oxygen atoms in total. The second kappa shape index (κ2) is 12.4. The third-order valence-corrected chi connectivity index (χ3v) is 4.09. The Morgan fingerprint density at radius 2 is 1.79 bits per heavy atom. The molecule has 2 rings (SSSR count). The number of amides is 2. The van der Waals surface area contributed by atoms with E-state index in [9.17, 15) is 9.59 Å². The second-order valence-corrected chi connectivity index (χ2v) is 6.46. The highest BCUT2D eigenvalue weighted by Crippen LogP contribution is 2.16. The van der Waals surface area contributed by atoms with Crippen LogP contribution < -0.4 is 20.7 Å². The van der Waals surface area contributed by atoms with Crippen molar-refractivity contribution in [2.75, 3.05) is 44.0 Å². The van der Waals surface area contributed by atoms with Crippen molar-refractivity contribution in [1.82, 2.24) is 5.32 Å². The summed E-state index contributed by atoms with van der Waals surface area (Å²) in [5, 5.41) is 8.73. The fourth-order valence-electron chi connectivity index (χ4n) is 2.52. The van der Waals surface area contributed by atoms with Crippen LogP contribution >= 0.6 is 0 Å². The maximum Gasteiger partial charge on any atom is 0.251 e. The number of anilines is 2. The van der Waals surface area contributed by atoms with Crippen LogP contribution in [-0.2, 0) is 9.53 Å². The summed E-state index contributed by atoms with van der Waals surface area (Å²) in [7, 11) is 1.63. The van der Waals surface area contributed by atoms with Crippen molar-refractivity contribution in [2.24, 2.45) is 0 Å². The van der Waals surface area contributed by atoms with Gasteiger partial charge in [0.15, 0.2) is 0 Å². The third-order valence-electron chi connectivity index (χ3n) is 4.09. The molecule has 0 saturated carbocycles. The highest BCUT2D eigenvalue weighted by atomic mass is 16.5. The molecular formula is C22H29N3O4. The van der Waals surface area contributed by atoms with Crippen LogP contribution in [0.5, 0.6) is 5.75 Å². The molecule has 29 heavy (non-hydrogen) atoms. The minimum absolute atomic E-state index is 0.108. The number of hydrogen-bond donors (Lipinski definition) is 3.